The van der Waals surface area contributed by atoms with Gasteiger partial charge in [-0.1, -0.05) is 68.4 Å². The maximum absolute atomic E-state index is 13.9. The van der Waals surface area contributed by atoms with E-state index >= 15 is 0 Å². The van der Waals surface area contributed by atoms with Crippen LogP contribution in [-0.4, -0.2) is 57.1 Å². The third kappa shape index (κ3) is 9.25. The lowest BCUT2D eigenvalue weighted by Gasteiger charge is -2.34. The molecule has 0 saturated carbocycles. The van der Waals surface area contributed by atoms with Gasteiger partial charge < -0.3 is 16.0 Å². The summed E-state index contributed by atoms with van der Waals surface area (Å²) in [6, 6.07) is 20.8. The number of hydrogen-bond acceptors (Lipinski definition) is 5. The molecule has 4 rings (SSSR count). The zero-order valence-corrected chi connectivity index (χ0v) is 27.2. The number of rotatable bonds is 13. The summed E-state index contributed by atoms with van der Waals surface area (Å²) in [5.74, 6) is 0.452. The van der Waals surface area contributed by atoms with Gasteiger partial charge >= 0.3 is 0 Å². The van der Waals surface area contributed by atoms with Crippen molar-refractivity contribution in [3.63, 3.8) is 0 Å². The van der Waals surface area contributed by atoms with Gasteiger partial charge in [0.15, 0.2) is 0 Å². The van der Waals surface area contributed by atoms with Crippen molar-refractivity contribution in [1.82, 2.24) is 14.9 Å². The van der Waals surface area contributed by atoms with E-state index in [4.69, 9.17) is 11.1 Å². The van der Waals surface area contributed by atoms with E-state index in [1.165, 1.54) is 11.6 Å². The predicted molar refractivity (Wildman–Crippen MR) is 178 cm³/mol. The largest absolute Gasteiger partial charge is 0.384 e. The van der Waals surface area contributed by atoms with Gasteiger partial charge in [0, 0.05) is 32.1 Å². The Bertz CT molecular complexity index is 1600. The Morgan fingerprint density at radius 3 is 2.31 bits per heavy atom. The first-order valence-corrected chi connectivity index (χ1v) is 17.1. The van der Waals surface area contributed by atoms with Crippen LogP contribution in [0.15, 0.2) is 77.7 Å². The fourth-order valence-electron chi connectivity index (χ4n) is 5.78. The highest BCUT2D eigenvalue weighted by molar-refractivity contribution is 7.89. The van der Waals surface area contributed by atoms with Crippen LogP contribution in [0.4, 0.5) is 0 Å². The van der Waals surface area contributed by atoms with Crippen molar-refractivity contribution < 1.29 is 18.0 Å². The van der Waals surface area contributed by atoms with Gasteiger partial charge in [-0.2, -0.15) is 4.72 Å². The fraction of sp³-hybridized carbons (Fsp3) is 0.400. The van der Waals surface area contributed by atoms with E-state index in [2.05, 4.69) is 23.9 Å². The number of nitrogens with two attached hydrogens (primary N) is 1. The molecule has 0 unspecified atom stereocenters. The summed E-state index contributed by atoms with van der Waals surface area (Å²) >= 11 is 0. The molecule has 1 aliphatic rings. The molecule has 5 N–H and O–H groups in total. The predicted octanol–water partition coefficient (Wildman–Crippen LogP) is 4.81. The molecule has 0 spiro atoms. The maximum atomic E-state index is 13.9. The molecule has 3 aromatic carbocycles. The lowest BCUT2D eigenvalue weighted by atomic mass is 9.91. The summed E-state index contributed by atoms with van der Waals surface area (Å²) in [5, 5.41) is 10.5. The number of nitrogen functional groups attached to an aromatic ring is 1. The zero-order valence-electron chi connectivity index (χ0n) is 26.4. The maximum Gasteiger partial charge on any atom is 0.241 e. The molecular formula is C35H45N5O4S. The molecule has 0 bridgehead atoms. The van der Waals surface area contributed by atoms with Crippen molar-refractivity contribution in [1.29, 1.82) is 5.41 Å². The minimum atomic E-state index is -4.08. The molecule has 240 valence electrons. The summed E-state index contributed by atoms with van der Waals surface area (Å²) in [6.45, 7) is 5.30. The number of carbonyl (C=O) groups is 2. The highest BCUT2D eigenvalue weighted by Crippen LogP contribution is 2.26. The number of sulfonamides is 1. The van der Waals surface area contributed by atoms with Crippen LogP contribution in [0.1, 0.15) is 68.6 Å². The second-order valence-electron chi connectivity index (χ2n) is 12.1. The van der Waals surface area contributed by atoms with Crippen molar-refractivity contribution in [2.24, 2.45) is 11.7 Å². The first kappa shape index (κ1) is 33.9. The van der Waals surface area contributed by atoms with E-state index in [1.54, 1.807) is 48.3 Å². The van der Waals surface area contributed by atoms with Crippen LogP contribution >= 0.6 is 0 Å². The van der Waals surface area contributed by atoms with Gasteiger partial charge in [0.2, 0.25) is 21.8 Å². The standard InChI is InChI=1S/C35H45N5O4S/c1-24(2)27-13-15-28(16-14-27)29-9-6-11-31(23-29)45(43,44)39-32(22-26-8-4-10-30(21-26)34(36)37)35(42)40-19-17-25(18-20-40)7-5-12-33(41)38-3/h4,6,8-11,13-16,21,23-25,32,39H,5,7,12,17-20,22H2,1-3H3,(H3,36,37)(H,38,41)/t32-/m0/s1. The Labute approximate surface area is 267 Å². The summed E-state index contributed by atoms with van der Waals surface area (Å²) in [6.07, 6.45) is 3.92. The van der Waals surface area contributed by atoms with Gasteiger partial charge in [0.25, 0.3) is 0 Å². The van der Waals surface area contributed by atoms with Gasteiger partial charge in [-0.25, -0.2) is 8.42 Å². The number of benzene rings is 3. The highest BCUT2D eigenvalue weighted by Gasteiger charge is 2.32. The Kier molecular flexibility index (Phi) is 11.5. The molecule has 45 heavy (non-hydrogen) atoms. The van der Waals surface area contributed by atoms with Crippen molar-refractivity contribution in [3.05, 3.63) is 89.5 Å². The van der Waals surface area contributed by atoms with Crippen LogP contribution in [0.25, 0.3) is 11.1 Å². The number of carbonyl (C=O) groups excluding carboxylic acids is 2. The van der Waals surface area contributed by atoms with E-state index in [9.17, 15) is 18.0 Å². The van der Waals surface area contributed by atoms with E-state index in [1.807, 2.05) is 30.3 Å². The molecule has 1 atom stereocenters. The molecule has 0 radical (unpaired) electrons. The van der Waals surface area contributed by atoms with Crippen LogP contribution in [0.2, 0.25) is 0 Å². The first-order valence-electron chi connectivity index (χ1n) is 15.6. The number of amides is 2. The fourth-order valence-corrected chi connectivity index (χ4v) is 7.01. The van der Waals surface area contributed by atoms with Gasteiger partial charge in [-0.3, -0.25) is 15.0 Å². The average molecular weight is 632 g/mol. The van der Waals surface area contributed by atoms with E-state index in [0.717, 1.165) is 36.8 Å². The summed E-state index contributed by atoms with van der Waals surface area (Å²) in [4.78, 5) is 27.3. The summed E-state index contributed by atoms with van der Waals surface area (Å²) in [5.41, 5.74) is 9.78. The SMILES string of the molecule is CNC(=O)CCCC1CCN(C(=O)[C@H](Cc2cccc(C(=N)N)c2)NS(=O)(=O)c2cccc(-c3ccc(C(C)C)cc3)c2)CC1. The Morgan fingerprint density at radius 2 is 1.67 bits per heavy atom. The van der Waals surface area contributed by atoms with Gasteiger partial charge in [0.1, 0.15) is 11.9 Å². The van der Waals surface area contributed by atoms with Gasteiger partial charge in [-0.15, -0.1) is 0 Å². The Morgan fingerprint density at radius 1 is 0.978 bits per heavy atom. The second-order valence-corrected chi connectivity index (χ2v) is 13.8. The molecule has 1 fully saturated rings. The average Bonchev–Trinajstić information content (AvgIpc) is 3.04. The van der Waals surface area contributed by atoms with Gasteiger partial charge in [-0.05, 0) is 84.4 Å². The number of likely N-dealkylation sites (tertiary alicyclic amines) is 1. The van der Waals surface area contributed by atoms with E-state index < -0.39 is 16.1 Å². The second kappa shape index (κ2) is 15.3. The Balaban J connectivity index is 1.53. The van der Waals surface area contributed by atoms with Crippen molar-refractivity contribution in [2.45, 2.75) is 69.2 Å². The smallest absolute Gasteiger partial charge is 0.241 e. The quantitative estimate of drug-likeness (QED) is 0.158. The van der Waals surface area contributed by atoms with Crippen LogP contribution in [-0.2, 0) is 26.0 Å². The molecule has 2 amide bonds. The third-order valence-electron chi connectivity index (χ3n) is 8.55. The van der Waals surface area contributed by atoms with Crippen LogP contribution in [0.3, 0.4) is 0 Å². The van der Waals surface area contributed by atoms with Crippen molar-refractivity contribution in [3.8, 4) is 11.1 Å². The van der Waals surface area contributed by atoms with Crippen molar-refractivity contribution >= 4 is 27.7 Å². The molecule has 0 aromatic heterocycles. The number of amidine groups is 1. The van der Waals surface area contributed by atoms with Crippen LogP contribution < -0.4 is 15.8 Å². The summed E-state index contributed by atoms with van der Waals surface area (Å²) in [7, 11) is -2.44. The van der Waals surface area contributed by atoms with E-state index in [-0.39, 0.29) is 29.0 Å². The number of piperidine rings is 1. The molecule has 0 aliphatic carbocycles. The Hall–Kier alpha value is -4.02. The number of nitrogens with one attached hydrogen (secondary N) is 3. The monoisotopic (exact) mass is 631 g/mol. The molecule has 1 aliphatic heterocycles. The van der Waals surface area contributed by atoms with Gasteiger partial charge in [0.05, 0.1) is 4.90 Å². The topological polar surface area (TPSA) is 145 Å². The lowest BCUT2D eigenvalue weighted by molar-refractivity contribution is -0.134. The highest BCUT2D eigenvalue weighted by atomic mass is 32.2. The van der Waals surface area contributed by atoms with Crippen LogP contribution in [0, 0.1) is 11.3 Å². The molecule has 1 heterocycles. The molecule has 1 saturated heterocycles. The molecule has 9 nitrogen and oxygen atoms in total. The van der Waals surface area contributed by atoms with Crippen molar-refractivity contribution in [2.75, 3.05) is 20.1 Å². The normalized spacial score (nSPS) is 14.7. The minimum absolute atomic E-state index is 0.0288. The zero-order chi connectivity index (χ0) is 32.6. The lowest BCUT2D eigenvalue weighted by Crippen LogP contribution is -2.51. The third-order valence-corrected chi connectivity index (χ3v) is 10.0. The first-order chi connectivity index (χ1) is 21.5. The van der Waals surface area contributed by atoms with E-state index in [0.29, 0.717) is 42.5 Å². The number of hydrogen-bond donors (Lipinski definition) is 4. The molecule has 10 heteroatoms. The minimum Gasteiger partial charge on any atom is -0.384 e. The van der Waals surface area contributed by atoms with Crippen LogP contribution in [0.5, 0.6) is 0 Å². The molecular weight excluding hydrogens is 586 g/mol. The summed E-state index contributed by atoms with van der Waals surface area (Å²) < 4.78 is 30.3. The number of nitrogens with zero attached hydrogens (tertiary/aromatic N) is 1. The molecule has 3 aromatic rings.